The maximum Gasteiger partial charge on any atom is 0.272 e. The number of halogens is 1. The molecule has 1 N–H and O–H groups in total. The van der Waals surface area contributed by atoms with Crippen molar-refractivity contribution in [2.75, 3.05) is 7.11 Å². The van der Waals surface area contributed by atoms with Crippen molar-refractivity contribution in [2.45, 2.75) is 32.9 Å². The number of imidazole rings is 1. The molecule has 7 nitrogen and oxygen atoms in total. The molecule has 0 spiro atoms. The highest BCUT2D eigenvalue weighted by atomic mass is 79.9. The van der Waals surface area contributed by atoms with Crippen molar-refractivity contribution in [3.8, 4) is 0 Å². The van der Waals surface area contributed by atoms with Crippen LogP contribution in [0.1, 0.15) is 40.5 Å². The summed E-state index contributed by atoms with van der Waals surface area (Å²) in [6.45, 7) is 5.73. The topological polar surface area (TPSA) is 81.9 Å². The first kappa shape index (κ1) is 19.4. The van der Waals surface area contributed by atoms with E-state index in [-0.39, 0.29) is 17.7 Å². The molecule has 0 bridgehead atoms. The molecule has 0 aliphatic rings. The van der Waals surface area contributed by atoms with Crippen LogP contribution in [-0.2, 0) is 11.8 Å². The van der Waals surface area contributed by atoms with E-state index in [4.69, 9.17) is 9.72 Å². The molecule has 0 unspecified atom stereocenters. The van der Waals surface area contributed by atoms with E-state index in [0.717, 1.165) is 26.8 Å². The van der Waals surface area contributed by atoms with Gasteiger partial charge >= 0.3 is 0 Å². The van der Waals surface area contributed by atoms with E-state index in [0.29, 0.717) is 5.82 Å². The number of benzene rings is 1. The summed E-state index contributed by atoms with van der Waals surface area (Å²) in [6, 6.07) is 3.56. The van der Waals surface area contributed by atoms with Gasteiger partial charge in [-0.3, -0.25) is 9.78 Å². The van der Waals surface area contributed by atoms with E-state index >= 15 is 0 Å². The number of fused-ring (bicyclic) bond motifs is 1. The van der Waals surface area contributed by atoms with Gasteiger partial charge in [-0.25, -0.2) is 9.97 Å². The summed E-state index contributed by atoms with van der Waals surface area (Å²) in [5.74, 6) is 0.398. The number of hydrogen-bond acceptors (Lipinski definition) is 5. The SMILES string of the molecule is CO[C@H](C)[C@H](NC(=O)c1cnc(C)cn1)c1nc2c(C)c(Br)ccc2n1C. The molecule has 8 heteroatoms. The molecule has 27 heavy (non-hydrogen) atoms. The molecule has 3 aromatic rings. The lowest BCUT2D eigenvalue weighted by Gasteiger charge is -2.23. The van der Waals surface area contributed by atoms with Gasteiger partial charge in [-0.05, 0) is 38.5 Å². The van der Waals surface area contributed by atoms with Gasteiger partial charge in [0.1, 0.15) is 17.6 Å². The van der Waals surface area contributed by atoms with Crippen LogP contribution in [0.5, 0.6) is 0 Å². The van der Waals surface area contributed by atoms with Gasteiger partial charge in [0.15, 0.2) is 0 Å². The van der Waals surface area contributed by atoms with Crippen LogP contribution in [0.15, 0.2) is 29.0 Å². The number of carbonyl (C=O) groups excluding carboxylic acids is 1. The first-order valence-corrected chi connectivity index (χ1v) is 9.36. The number of nitrogens with zero attached hydrogens (tertiary/aromatic N) is 4. The molecule has 0 radical (unpaired) electrons. The number of aryl methyl sites for hydroxylation is 3. The summed E-state index contributed by atoms with van der Waals surface area (Å²) in [5.41, 5.74) is 3.94. The van der Waals surface area contributed by atoms with Gasteiger partial charge in [0.05, 0.1) is 29.0 Å². The number of nitrogens with one attached hydrogen (secondary N) is 1. The Labute approximate surface area is 166 Å². The molecular weight excluding hydrogens is 410 g/mol. The van der Waals surface area contributed by atoms with Gasteiger partial charge in [0, 0.05) is 24.8 Å². The number of aromatic nitrogens is 4. The number of carbonyl (C=O) groups is 1. The molecule has 0 saturated carbocycles. The Morgan fingerprint density at radius 1 is 1.26 bits per heavy atom. The molecule has 1 aromatic carbocycles. The summed E-state index contributed by atoms with van der Waals surface area (Å²) in [4.78, 5) is 25.8. The summed E-state index contributed by atoms with van der Waals surface area (Å²) in [7, 11) is 3.55. The van der Waals surface area contributed by atoms with Crippen molar-refractivity contribution in [3.63, 3.8) is 0 Å². The smallest absolute Gasteiger partial charge is 0.272 e. The minimum absolute atomic E-state index is 0.256. The van der Waals surface area contributed by atoms with Crippen LogP contribution in [0.4, 0.5) is 0 Å². The summed E-state index contributed by atoms with van der Waals surface area (Å²) in [5, 5.41) is 2.99. The fourth-order valence-electron chi connectivity index (χ4n) is 2.92. The molecule has 2 heterocycles. The van der Waals surface area contributed by atoms with Crippen molar-refractivity contribution in [2.24, 2.45) is 7.05 Å². The quantitative estimate of drug-likeness (QED) is 0.670. The van der Waals surface area contributed by atoms with Crippen molar-refractivity contribution in [3.05, 3.63) is 51.8 Å². The monoisotopic (exact) mass is 431 g/mol. The van der Waals surface area contributed by atoms with E-state index in [2.05, 4.69) is 31.2 Å². The zero-order valence-corrected chi connectivity index (χ0v) is 17.5. The Hall–Kier alpha value is -2.32. The highest BCUT2D eigenvalue weighted by Gasteiger charge is 2.28. The predicted molar refractivity (Wildman–Crippen MR) is 107 cm³/mol. The van der Waals surface area contributed by atoms with Gasteiger partial charge in [0.2, 0.25) is 0 Å². The van der Waals surface area contributed by atoms with Crippen molar-refractivity contribution < 1.29 is 9.53 Å². The van der Waals surface area contributed by atoms with Crippen LogP contribution < -0.4 is 5.32 Å². The zero-order valence-electron chi connectivity index (χ0n) is 15.9. The van der Waals surface area contributed by atoms with Crippen LogP contribution in [0.2, 0.25) is 0 Å². The van der Waals surface area contributed by atoms with Crippen molar-refractivity contribution in [1.82, 2.24) is 24.8 Å². The third-order valence-corrected chi connectivity index (χ3v) is 5.55. The molecule has 3 rings (SSSR count). The zero-order chi connectivity index (χ0) is 19.7. The van der Waals surface area contributed by atoms with Gasteiger partial charge in [-0.1, -0.05) is 15.9 Å². The largest absolute Gasteiger partial charge is 0.379 e. The van der Waals surface area contributed by atoms with Crippen LogP contribution in [0, 0.1) is 13.8 Å². The van der Waals surface area contributed by atoms with Gasteiger partial charge in [0.25, 0.3) is 5.91 Å². The minimum atomic E-state index is -0.443. The minimum Gasteiger partial charge on any atom is -0.379 e. The maximum absolute atomic E-state index is 12.7. The molecule has 1 amide bonds. The van der Waals surface area contributed by atoms with E-state index in [9.17, 15) is 4.79 Å². The van der Waals surface area contributed by atoms with Crippen LogP contribution in [0.25, 0.3) is 11.0 Å². The molecule has 2 aromatic heterocycles. The predicted octanol–water partition coefficient (Wildman–Crippen LogP) is 3.25. The Bertz CT molecular complexity index is 984. The summed E-state index contributed by atoms with van der Waals surface area (Å²) < 4.78 is 8.49. The normalized spacial score (nSPS) is 13.6. The second-order valence-electron chi connectivity index (χ2n) is 6.50. The Balaban J connectivity index is 2.01. The van der Waals surface area contributed by atoms with Crippen LogP contribution in [-0.4, -0.2) is 38.6 Å². The maximum atomic E-state index is 12.7. The third-order valence-electron chi connectivity index (χ3n) is 4.69. The van der Waals surface area contributed by atoms with Gasteiger partial charge in [-0.2, -0.15) is 0 Å². The summed E-state index contributed by atoms with van der Waals surface area (Å²) in [6.07, 6.45) is 2.75. The molecule has 0 aliphatic carbocycles. The third kappa shape index (κ3) is 3.72. The van der Waals surface area contributed by atoms with E-state index < -0.39 is 6.04 Å². The number of ether oxygens (including phenoxy) is 1. The fraction of sp³-hybridized carbons (Fsp3) is 0.368. The first-order chi connectivity index (χ1) is 12.8. The molecule has 0 saturated heterocycles. The van der Waals surface area contributed by atoms with Gasteiger partial charge < -0.3 is 14.6 Å². The van der Waals surface area contributed by atoms with Gasteiger partial charge in [-0.15, -0.1) is 0 Å². The molecular formula is C19H22BrN5O2. The van der Waals surface area contributed by atoms with Crippen LogP contribution >= 0.6 is 15.9 Å². The molecule has 0 fully saturated rings. The Morgan fingerprint density at radius 2 is 2.00 bits per heavy atom. The highest BCUT2D eigenvalue weighted by Crippen LogP contribution is 2.29. The second kappa shape index (κ2) is 7.74. The number of methoxy groups -OCH3 is 1. The Kier molecular flexibility index (Phi) is 5.57. The fourth-order valence-corrected chi connectivity index (χ4v) is 3.24. The van der Waals surface area contributed by atoms with Crippen molar-refractivity contribution >= 4 is 32.9 Å². The average Bonchev–Trinajstić information content (AvgIpc) is 2.99. The standard InChI is InChI=1S/C19H22BrN5O2/c1-10-8-22-14(9-21-10)19(26)24-17(12(3)27-5)18-23-16-11(2)13(20)6-7-15(16)25(18)4/h6-9,12,17H,1-5H3,(H,24,26)/t12-,17+/m1/s1. The van der Waals surface area contributed by atoms with Crippen LogP contribution in [0.3, 0.4) is 0 Å². The number of hydrogen-bond donors (Lipinski definition) is 1. The second-order valence-corrected chi connectivity index (χ2v) is 7.36. The highest BCUT2D eigenvalue weighted by molar-refractivity contribution is 9.10. The lowest BCUT2D eigenvalue weighted by atomic mass is 10.1. The number of rotatable bonds is 5. The van der Waals surface area contributed by atoms with E-state index in [1.54, 1.807) is 13.3 Å². The molecule has 142 valence electrons. The lowest BCUT2D eigenvalue weighted by molar-refractivity contribution is 0.0669. The lowest BCUT2D eigenvalue weighted by Crippen LogP contribution is -2.38. The van der Waals surface area contributed by atoms with Crippen molar-refractivity contribution in [1.29, 1.82) is 0 Å². The summed E-state index contributed by atoms with van der Waals surface area (Å²) >= 11 is 3.55. The van der Waals surface area contributed by atoms with E-state index in [1.165, 1.54) is 6.20 Å². The average molecular weight is 432 g/mol. The molecule has 0 aliphatic heterocycles. The molecule has 2 atom stereocenters. The number of amides is 1. The van der Waals surface area contributed by atoms with E-state index in [1.807, 2.05) is 44.5 Å². The Morgan fingerprint density at radius 3 is 2.63 bits per heavy atom. The first-order valence-electron chi connectivity index (χ1n) is 8.57.